The predicted octanol–water partition coefficient (Wildman–Crippen LogP) is 2.09. The summed E-state index contributed by atoms with van der Waals surface area (Å²) in [7, 11) is 0. The van der Waals surface area contributed by atoms with Gasteiger partial charge in [-0.05, 0) is 31.0 Å². The lowest BCUT2D eigenvalue weighted by molar-refractivity contribution is 0.183. The number of anilines is 1. The van der Waals surface area contributed by atoms with Gasteiger partial charge in [0.2, 0.25) is 5.13 Å². The van der Waals surface area contributed by atoms with Crippen LogP contribution in [0.4, 0.5) is 5.13 Å². The van der Waals surface area contributed by atoms with Crippen LogP contribution in [0.15, 0.2) is 41.5 Å². The number of hydrogen-bond acceptors (Lipinski definition) is 8. The van der Waals surface area contributed by atoms with Crippen LogP contribution in [-0.2, 0) is 4.74 Å². The van der Waals surface area contributed by atoms with E-state index in [1.165, 1.54) is 29.1 Å². The van der Waals surface area contributed by atoms with Gasteiger partial charge in [-0.15, -0.1) is 0 Å². The molecule has 1 saturated carbocycles. The molecule has 3 aromatic heterocycles. The summed E-state index contributed by atoms with van der Waals surface area (Å²) in [5, 5.41) is 8.75. The number of ether oxygens (including phenoxy) is 1. The lowest BCUT2D eigenvalue weighted by Gasteiger charge is -2.20. The lowest BCUT2D eigenvalue weighted by atomic mass is 10.1. The molecule has 2 fully saturated rings. The highest BCUT2D eigenvalue weighted by atomic mass is 32.1. The molecule has 1 N–H and O–H groups in total. The first-order valence-corrected chi connectivity index (χ1v) is 9.73. The number of hydrogen-bond donors (Lipinski definition) is 1. The monoisotopic (exact) mass is 382 g/mol. The van der Waals surface area contributed by atoms with E-state index in [-0.39, 0.29) is 17.6 Å². The van der Waals surface area contributed by atoms with Crippen LogP contribution < -0.4 is 10.9 Å². The second kappa shape index (κ2) is 6.82. The Hall–Kier alpha value is -2.65. The standard InChI is InChI=1S/C18H18N6O2S/c25-16-4-3-13(11-5-7-19-8-6-11)22-24(16)15-10-26-9-14(15)20-18-21-17(23-27-18)12-1-2-12/h3-8,12,14-15H,1-2,9-10H2,(H,20,21,23). The predicted molar refractivity (Wildman–Crippen MR) is 101 cm³/mol. The number of nitrogens with one attached hydrogen (secondary N) is 1. The fourth-order valence-corrected chi connectivity index (χ4v) is 3.93. The topological polar surface area (TPSA) is 94.8 Å². The molecule has 138 valence electrons. The van der Waals surface area contributed by atoms with Gasteiger partial charge in [0.05, 0.1) is 24.9 Å². The first-order chi connectivity index (χ1) is 13.3. The summed E-state index contributed by atoms with van der Waals surface area (Å²) in [5.74, 6) is 1.45. The summed E-state index contributed by atoms with van der Waals surface area (Å²) in [6.45, 7) is 0.926. The number of rotatable bonds is 5. The molecular formula is C18H18N6O2S. The van der Waals surface area contributed by atoms with Crippen LogP contribution >= 0.6 is 11.5 Å². The molecule has 8 nitrogen and oxygen atoms in total. The number of pyridine rings is 1. The van der Waals surface area contributed by atoms with Crippen molar-refractivity contribution in [3.05, 3.63) is 52.8 Å². The Bertz CT molecular complexity index is 1000. The normalized spacial score (nSPS) is 22.1. The molecular weight excluding hydrogens is 364 g/mol. The minimum atomic E-state index is -0.201. The van der Waals surface area contributed by atoms with Crippen LogP contribution in [0.3, 0.4) is 0 Å². The minimum Gasteiger partial charge on any atom is -0.377 e. The van der Waals surface area contributed by atoms with Crippen molar-refractivity contribution in [3.63, 3.8) is 0 Å². The Kier molecular flexibility index (Phi) is 4.17. The SMILES string of the molecule is O=c1ccc(-c2ccncc2)nn1C1COCC1Nc1nc(C2CC2)ns1. The van der Waals surface area contributed by atoms with Crippen LogP contribution in [0.2, 0.25) is 0 Å². The van der Waals surface area contributed by atoms with E-state index in [0.717, 1.165) is 22.2 Å². The highest BCUT2D eigenvalue weighted by Crippen LogP contribution is 2.39. The van der Waals surface area contributed by atoms with E-state index in [2.05, 4.69) is 24.8 Å². The van der Waals surface area contributed by atoms with Crippen molar-refractivity contribution in [1.82, 2.24) is 24.1 Å². The Morgan fingerprint density at radius 1 is 1.15 bits per heavy atom. The minimum absolute atomic E-state index is 0.0807. The van der Waals surface area contributed by atoms with E-state index in [4.69, 9.17) is 4.74 Å². The lowest BCUT2D eigenvalue weighted by Crippen LogP contribution is -2.37. The molecule has 0 spiro atoms. The van der Waals surface area contributed by atoms with Gasteiger partial charge in [0.25, 0.3) is 5.56 Å². The third-order valence-electron chi connectivity index (χ3n) is 4.86. The van der Waals surface area contributed by atoms with Gasteiger partial charge in [-0.1, -0.05) is 0 Å². The average Bonchev–Trinajstić information content (AvgIpc) is 3.28. The molecule has 5 rings (SSSR count). The highest BCUT2D eigenvalue weighted by molar-refractivity contribution is 7.09. The summed E-state index contributed by atoms with van der Waals surface area (Å²) in [6, 6.07) is 6.75. The molecule has 0 amide bonds. The average molecular weight is 382 g/mol. The van der Waals surface area contributed by atoms with E-state index in [0.29, 0.717) is 19.1 Å². The van der Waals surface area contributed by atoms with Crippen LogP contribution in [0.5, 0.6) is 0 Å². The molecule has 4 heterocycles. The van der Waals surface area contributed by atoms with E-state index in [9.17, 15) is 4.79 Å². The maximum Gasteiger partial charge on any atom is 0.267 e. The van der Waals surface area contributed by atoms with Crippen molar-refractivity contribution in [2.75, 3.05) is 18.5 Å². The Balaban J connectivity index is 1.41. The summed E-state index contributed by atoms with van der Waals surface area (Å²) in [6.07, 6.45) is 5.77. The number of nitrogens with zero attached hydrogens (tertiary/aromatic N) is 5. The Morgan fingerprint density at radius 2 is 2.00 bits per heavy atom. The van der Waals surface area contributed by atoms with E-state index in [1.807, 2.05) is 12.1 Å². The van der Waals surface area contributed by atoms with Gasteiger partial charge in [0.1, 0.15) is 11.9 Å². The third kappa shape index (κ3) is 3.35. The molecule has 27 heavy (non-hydrogen) atoms. The van der Waals surface area contributed by atoms with E-state index >= 15 is 0 Å². The molecule has 0 bridgehead atoms. The van der Waals surface area contributed by atoms with Crippen molar-refractivity contribution in [3.8, 4) is 11.3 Å². The zero-order valence-corrected chi connectivity index (χ0v) is 15.3. The maximum atomic E-state index is 12.5. The third-order valence-corrected chi connectivity index (χ3v) is 5.52. The second-order valence-corrected chi connectivity index (χ2v) is 7.58. The Morgan fingerprint density at radius 3 is 2.81 bits per heavy atom. The van der Waals surface area contributed by atoms with Crippen LogP contribution in [0.1, 0.15) is 30.6 Å². The fourth-order valence-electron chi connectivity index (χ4n) is 3.22. The zero-order valence-electron chi connectivity index (χ0n) is 14.5. The van der Waals surface area contributed by atoms with Gasteiger partial charge < -0.3 is 10.1 Å². The molecule has 2 atom stereocenters. The van der Waals surface area contributed by atoms with Crippen molar-refractivity contribution >= 4 is 16.7 Å². The highest BCUT2D eigenvalue weighted by Gasteiger charge is 2.33. The first-order valence-electron chi connectivity index (χ1n) is 8.96. The summed E-state index contributed by atoms with van der Waals surface area (Å²) < 4.78 is 11.6. The van der Waals surface area contributed by atoms with Crippen molar-refractivity contribution in [2.45, 2.75) is 30.8 Å². The molecule has 1 aliphatic heterocycles. The van der Waals surface area contributed by atoms with Crippen molar-refractivity contribution in [2.24, 2.45) is 0 Å². The van der Waals surface area contributed by atoms with Gasteiger partial charge in [-0.25, -0.2) is 9.67 Å². The van der Waals surface area contributed by atoms with Gasteiger partial charge in [-0.3, -0.25) is 9.78 Å². The second-order valence-electron chi connectivity index (χ2n) is 6.82. The molecule has 1 saturated heterocycles. The fraction of sp³-hybridized carbons (Fsp3) is 0.389. The molecule has 3 aromatic rings. The summed E-state index contributed by atoms with van der Waals surface area (Å²) >= 11 is 1.36. The molecule has 9 heteroatoms. The van der Waals surface area contributed by atoms with E-state index in [1.54, 1.807) is 24.5 Å². The van der Waals surface area contributed by atoms with Crippen LogP contribution in [-0.4, -0.2) is 43.4 Å². The summed E-state index contributed by atoms with van der Waals surface area (Å²) in [4.78, 5) is 21.1. The summed E-state index contributed by atoms with van der Waals surface area (Å²) in [5.41, 5.74) is 1.50. The first kappa shape index (κ1) is 16.5. The maximum absolute atomic E-state index is 12.5. The van der Waals surface area contributed by atoms with Gasteiger partial charge >= 0.3 is 0 Å². The van der Waals surface area contributed by atoms with Gasteiger partial charge in [0.15, 0.2) is 0 Å². The Labute approximate surface area is 159 Å². The largest absolute Gasteiger partial charge is 0.377 e. The molecule has 2 aliphatic rings. The molecule has 1 aliphatic carbocycles. The van der Waals surface area contributed by atoms with Crippen molar-refractivity contribution in [1.29, 1.82) is 0 Å². The van der Waals surface area contributed by atoms with E-state index < -0.39 is 0 Å². The van der Waals surface area contributed by atoms with Crippen LogP contribution in [0.25, 0.3) is 11.3 Å². The van der Waals surface area contributed by atoms with Crippen molar-refractivity contribution < 1.29 is 4.74 Å². The smallest absolute Gasteiger partial charge is 0.267 e. The quantitative estimate of drug-likeness (QED) is 0.722. The molecule has 0 radical (unpaired) electrons. The molecule has 2 unspecified atom stereocenters. The molecule has 0 aromatic carbocycles. The van der Waals surface area contributed by atoms with Gasteiger partial charge in [-0.2, -0.15) is 9.47 Å². The van der Waals surface area contributed by atoms with Gasteiger partial charge in [0, 0.05) is 41.5 Å². The number of aromatic nitrogens is 5. The zero-order chi connectivity index (χ0) is 18.2. The van der Waals surface area contributed by atoms with Crippen LogP contribution in [0, 0.1) is 0 Å².